The van der Waals surface area contributed by atoms with E-state index in [-0.39, 0.29) is 22.6 Å². The van der Waals surface area contributed by atoms with Crippen LogP contribution in [0.2, 0.25) is 0 Å². The van der Waals surface area contributed by atoms with Crippen molar-refractivity contribution in [1.82, 2.24) is 24.8 Å². The minimum Gasteiger partial charge on any atom is -0.451 e. The first-order valence-corrected chi connectivity index (χ1v) is 11.9. The van der Waals surface area contributed by atoms with Gasteiger partial charge in [-0.3, -0.25) is 4.79 Å². The number of aromatic amines is 2. The number of oxazole rings is 1. The van der Waals surface area contributed by atoms with Gasteiger partial charge in [0, 0.05) is 31.9 Å². The minimum atomic E-state index is -0.451. The number of anilines is 2. The summed E-state index contributed by atoms with van der Waals surface area (Å²) in [5, 5.41) is 3.57. The number of nitrogens with zero attached hydrogens (tertiary/aromatic N) is 4. The van der Waals surface area contributed by atoms with Crippen molar-refractivity contribution in [3.8, 4) is 11.4 Å². The monoisotopic (exact) mass is 487 g/mol. The van der Waals surface area contributed by atoms with Gasteiger partial charge in [-0.25, -0.2) is 14.4 Å². The number of piperazine rings is 1. The van der Waals surface area contributed by atoms with Gasteiger partial charge >= 0.3 is 0 Å². The zero-order valence-electron chi connectivity index (χ0n) is 20.0. The molecule has 3 N–H and O–H groups in total. The predicted octanol–water partition coefficient (Wildman–Crippen LogP) is 4.12. The lowest BCUT2D eigenvalue weighted by molar-refractivity contribution is 0.313. The van der Waals surface area contributed by atoms with Crippen molar-refractivity contribution in [2.24, 2.45) is 0 Å². The van der Waals surface area contributed by atoms with E-state index in [1.54, 1.807) is 12.1 Å². The van der Waals surface area contributed by atoms with Gasteiger partial charge in [-0.15, -0.1) is 0 Å². The summed E-state index contributed by atoms with van der Waals surface area (Å²) < 4.78 is 20.2. The summed E-state index contributed by atoms with van der Waals surface area (Å²) in [5.74, 6) is -0.0879. The highest BCUT2D eigenvalue weighted by molar-refractivity contribution is 5.99. The van der Waals surface area contributed by atoms with Crippen LogP contribution >= 0.6 is 0 Å². The molecule has 9 nitrogen and oxygen atoms in total. The van der Waals surface area contributed by atoms with Gasteiger partial charge in [-0.2, -0.15) is 0 Å². The van der Waals surface area contributed by atoms with Gasteiger partial charge in [0.25, 0.3) is 5.56 Å². The van der Waals surface area contributed by atoms with Crippen LogP contribution in [-0.2, 0) is 0 Å². The Morgan fingerprint density at radius 2 is 1.94 bits per heavy atom. The molecule has 1 unspecified atom stereocenters. The van der Waals surface area contributed by atoms with E-state index in [0.717, 1.165) is 42.9 Å². The predicted molar refractivity (Wildman–Crippen MR) is 138 cm³/mol. The third kappa shape index (κ3) is 3.89. The van der Waals surface area contributed by atoms with Crippen LogP contribution in [0, 0.1) is 5.82 Å². The van der Waals surface area contributed by atoms with E-state index in [1.807, 2.05) is 19.1 Å². The van der Waals surface area contributed by atoms with Crippen molar-refractivity contribution in [3.05, 3.63) is 70.9 Å². The summed E-state index contributed by atoms with van der Waals surface area (Å²) in [7, 11) is 2.13. The number of H-pyrrole nitrogens is 2. The van der Waals surface area contributed by atoms with Gasteiger partial charge < -0.3 is 29.5 Å². The first-order valence-electron chi connectivity index (χ1n) is 11.9. The highest BCUT2D eigenvalue weighted by Gasteiger charge is 2.23. The second kappa shape index (κ2) is 8.80. The highest BCUT2D eigenvalue weighted by atomic mass is 19.1. The van der Waals surface area contributed by atoms with Crippen molar-refractivity contribution >= 4 is 33.3 Å². The molecule has 0 saturated carbocycles. The molecule has 1 aliphatic heterocycles. The Hall–Kier alpha value is -4.18. The summed E-state index contributed by atoms with van der Waals surface area (Å²) in [6.45, 7) is 5.77. The number of rotatable bonds is 5. The molecule has 0 amide bonds. The molecular formula is C26H26FN7O2. The molecule has 1 saturated heterocycles. The van der Waals surface area contributed by atoms with Crippen LogP contribution in [0.3, 0.4) is 0 Å². The normalized spacial score (nSPS) is 15.6. The van der Waals surface area contributed by atoms with E-state index in [4.69, 9.17) is 9.40 Å². The van der Waals surface area contributed by atoms with E-state index >= 15 is 4.39 Å². The Balaban J connectivity index is 1.48. The molecule has 3 aromatic heterocycles. The molecule has 2 aromatic carbocycles. The number of hydrogen-bond acceptors (Lipinski definition) is 7. The minimum absolute atomic E-state index is 0.236. The van der Waals surface area contributed by atoms with Crippen LogP contribution < -0.4 is 15.8 Å². The Labute approximate surface area is 206 Å². The molecule has 10 heteroatoms. The Morgan fingerprint density at radius 3 is 2.72 bits per heavy atom. The Morgan fingerprint density at radius 1 is 1.11 bits per heavy atom. The van der Waals surface area contributed by atoms with Crippen LogP contribution in [0.1, 0.15) is 18.7 Å². The lowest BCUT2D eigenvalue weighted by Crippen LogP contribution is -2.44. The molecule has 1 fully saturated rings. The van der Waals surface area contributed by atoms with Gasteiger partial charge in [0.1, 0.15) is 29.2 Å². The van der Waals surface area contributed by atoms with E-state index in [1.165, 1.54) is 18.7 Å². The fourth-order valence-corrected chi connectivity index (χ4v) is 4.78. The second-order valence-corrected chi connectivity index (χ2v) is 9.22. The van der Waals surface area contributed by atoms with Crippen molar-refractivity contribution in [1.29, 1.82) is 0 Å². The number of pyridine rings is 1. The molecular weight excluding hydrogens is 461 g/mol. The average Bonchev–Trinajstić information content (AvgIpc) is 3.54. The molecule has 6 rings (SSSR count). The largest absolute Gasteiger partial charge is 0.451 e. The van der Waals surface area contributed by atoms with Crippen LogP contribution in [0.15, 0.2) is 58.3 Å². The van der Waals surface area contributed by atoms with E-state index in [0.29, 0.717) is 22.7 Å². The standard InChI is InChI=1S/C26H26FN7O2/c1-15(21-13-36-14-28-21)29-24-22-17(27)4-3-5-19(22)32-26(35)23(24)25-30-18-7-6-16(12-20(18)31-25)34-10-8-33(2)9-11-34/h3-7,12-15H,8-11H2,1-2H3,(H,30,31)(H2,29,32,35). The number of likely N-dealkylation sites (N-methyl/N-ethyl adjacent to an activating group) is 1. The molecule has 1 aliphatic rings. The third-order valence-electron chi connectivity index (χ3n) is 6.82. The van der Waals surface area contributed by atoms with Gasteiger partial charge in [0.05, 0.1) is 33.7 Å². The number of halogens is 1. The number of aromatic nitrogens is 4. The zero-order valence-corrected chi connectivity index (χ0v) is 20.0. The number of fused-ring (bicyclic) bond motifs is 2. The second-order valence-electron chi connectivity index (χ2n) is 9.22. The summed E-state index contributed by atoms with van der Waals surface area (Å²) in [6, 6.07) is 10.3. The number of nitrogens with one attached hydrogen (secondary N) is 3. The van der Waals surface area contributed by atoms with Gasteiger partial charge in [0.15, 0.2) is 6.39 Å². The van der Waals surface area contributed by atoms with Crippen molar-refractivity contribution in [3.63, 3.8) is 0 Å². The van der Waals surface area contributed by atoms with Crippen molar-refractivity contribution in [2.75, 3.05) is 43.4 Å². The topological polar surface area (TPSA) is 106 Å². The van der Waals surface area contributed by atoms with E-state index < -0.39 is 5.82 Å². The molecule has 0 spiro atoms. The van der Waals surface area contributed by atoms with Crippen LogP contribution in [0.5, 0.6) is 0 Å². The number of hydrogen-bond donors (Lipinski definition) is 3. The number of imidazole rings is 1. The molecule has 0 bridgehead atoms. The molecule has 0 radical (unpaired) electrons. The molecule has 5 aromatic rings. The third-order valence-corrected chi connectivity index (χ3v) is 6.82. The lowest BCUT2D eigenvalue weighted by atomic mass is 10.1. The highest BCUT2D eigenvalue weighted by Crippen LogP contribution is 2.35. The summed E-state index contributed by atoms with van der Waals surface area (Å²) in [4.78, 5) is 33.0. The summed E-state index contributed by atoms with van der Waals surface area (Å²) in [5.41, 5.74) is 3.88. The Bertz CT molecular complexity index is 1600. The van der Waals surface area contributed by atoms with E-state index in [2.05, 4.69) is 43.2 Å². The number of benzene rings is 2. The zero-order chi connectivity index (χ0) is 24.8. The molecule has 4 heterocycles. The van der Waals surface area contributed by atoms with Gasteiger partial charge in [-0.1, -0.05) is 6.07 Å². The molecule has 36 heavy (non-hydrogen) atoms. The van der Waals surface area contributed by atoms with Crippen LogP contribution in [0.4, 0.5) is 15.8 Å². The smallest absolute Gasteiger partial charge is 0.261 e. The Kier molecular flexibility index (Phi) is 5.45. The van der Waals surface area contributed by atoms with Crippen molar-refractivity contribution in [2.45, 2.75) is 13.0 Å². The maximum absolute atomic E-state index is 15.1. The average molecular weight is 488 g/mol. The first kappa shape index (κ1) is 22.3. The van der Waals surface area contributed by atoms with Crippen molar-refractivity contribution < 1.29 is 8.81 Å². The SMILES string of the molecule is CC(Nc1c(-c2nc3ccc(N4CCN(C)CC4)cc3[nH]2)c(=O)[nH]c2cccc(F)c12)c1cocn1. The van der Waals surface area contributed by atoms with Gasteiger partial charge in [0.2, 0.25) is 0 Å². The van der Waals surface area contributed by atoms with E-state index in [9.17, 15) is 4.79 Å². The maximum atomic E-state index is 15.1. The molecule has 184 valence electrons. The fraction of sp³-hybridized carbons (Fsp3) is 0.269. The fourth-order valence-electron chi connectivity index (χ4n) is 4.78. The van der Waals surface area contributed by atoms with Crippen LogP contribution in [-0.4, -0.2) is 58.1 Å². The quantitative estimate of drug-likeness (QED) is 0.342. The molecule has 0 aliphatic carbocycles. The first-order chi connectivity index (χ1) is 17.5. The van der Waals surface area contributed by atoms with Crippen LogP contribution in [0.25, 0.3) is 33.3 Å². The summed E-state index contributed by atoms with van der Waals surface area (Å²) >= 11 is 0. The lowest BCUT2D eigenvalue weighted by Gasteiger charge is -2.34. The summed E-state index contributed by atoms with van der Waals surface area (Å²) in [6.07, 6.45) is 2.85. The maximum Gasteiger partial charge on any atom is 0.261 e. The van der Waals surface area contributed by atoms with Gasteiger partial charge in [-0.05, 0) is 44.3 Å². The molecule has 1 atom stereocenters.